The van der Waals surface area contributed by atoms with Crippen molar-refractivity contribution in [2.45, 2.75) is 25.9 Å². The molecular weight excluding hydrogens is 206 g/mol. The third-order valence-electron chi connectivity index (χ3n) is 2.78. The van der Waals surface area contributed by atoms with Crippen molar-refractivity contribution in [3.63, 3.8) is 0 Å². The van der Waals surface area contributed by atoms with Crippen molar-refractivity contribution < 1.29 is 4.92 Å². The molecule has 5 nitrogen and oxygen atoms in total. The highest BCUT2D eigenvalue weighted by atomic mass is 16.6. The lowest BCUT2D eigenvalue weighted by atomic mass is 10.1. The molecule has 2 rings (SSSR count). The first kappa shape index (κ1) is 10.6. The van der Waals surface area contributed by atoms with Gasteiger partial charge in [0.15, 0.2) is 0 Å². The molecule has 1 aromatic carbocycles. The quantitative estimate of drug-likeness (QED) is 0.564. The van der Waals surface area contributed by atoms with Crippen molar-refractivity contribution in [1.29, 1.82) is 0 Å². The monoisotopic (exact) mass is 219 g/mol. The summed E-state index contributed by atoms with van der Waals surface area (Å²) in [5.41, 5.74) is 1.44. The van der Waals surface area contributed by atoms with Crippen molar-refractivity contribution in [2.24, 2.45) is 5.10 Å². The summed E-state index contributed by atoms with van der Waals surface area (Å²) in [5.74, 6) is 0. The summed E-state index contributed by atoms with van der Waals surface area (Å²) in [5, 5.41) is 16.9. The molecule has 1 heterocycles. The molecular formula is C11H13N3O2. The number of nitro groups is 1. The van der Waals surface area contributed by atoms with Crippen molar-refractivity contribution in [1.82, 2.24) is 0 Å². The summed E-state index contributed by atoms with van der Waals surface area (Å²) in [4.78, 5) is 10.6. The second-order valence-corrected chi connectivity index (χ2v) is 3.89. The second-order valence-electron chi connectivity index (χ2n) is 3.89. The van der Waals surface area contributed by atoms with E-state index < -0.39 is 6.04 Å². The van der Waals surface area contributed by atoms with Gasteiger partial charge in [-0.25, -0.2) is 0 Å². The van der Waals surface area contributed by atoms with Crippen LogP contribution in [0.2, 0.25) is 0 Å². The summed E-state index contributed by atoms with van der Waals surface area (Å²) in [7, 11) is 0. The fourth-order valence-electron chi connectivity index (χ4n) is 2.01. The summed E-state index contributed by atoms with van der Waals surface area (Å²) < 4.78 is 0. The first-order chi connectivity index (χ1) is 7.61. The normalized spacial score (nSPS) is 24.4. The molecule has 0 fully saturated rings. The van der Waals surface area contributed by atoms with E-state index >= 15 is 0 Å². The standard InChI is InChI=1S/C11H13N3O2/c1-8-11(14(15)16)9(2)13(12-8)10-6-4-3-5-7-10/h3-7,9,11H,1-2H3/t9-,11+/m1/s1. The van der Waals surface area contributed by atoms with Crippen molar-refractivity contribution >= 4 is 11.4 Å². The summed E-state index contributed by atoms with van der Waals surface area (Å²) in [6, 6.07) is 8.55. The zero-order chi connectivity index (χ0) is 11.7. The highest BCUT2D eigenvalue weighted by molar-refractivity contribution is 5.90. The molecule has 84 valence electrons. The molecule has 1 aromatic rings. The van der Waals surface area contributed by atoms with E-state index in [1.165, 1.54) is 0 Å². The average molecular weight is 219 g/mol. The van der Waals surface area contributed by atoms with Gasteiger partial charge in [-0.2, -0.15) is 5.10 Å². The van der Waals surface area contributed by atoms with E-state index in [1.54, 1.807) is 11.9 Å². The largest absolute Gasteiger partial charge is 0.274 e. The SMILES string of the molecule is CC1=NN(c2ccccc2)[C@H](C)[C@H]1[N+](=O)[O-]. The number of hydrogen-bond donors (Lipinski definition) is 0. The van der Waals surface area contributed by atoms with E-state index in [0.717, 1.165) is 5.69 Å². The number of nitrogens with zero attached hydrogens (tertiary/aromatic N) is 3. The molecule has 0 aliphatic carbocycles. The van der Waals surface area contributed by atoms with Gasteiger partial charge in [0.05, 0.1) is 5.69 Å². The van der Waals surface area contributed by atoms with E-state index in [2.05, 4.69) is 5.10 Å². The molecule has 0 N–H and O–H groups in total. The van der Waals surface area contributed by atoms with Crippen LogP contribution < -0.4 is 5.01 Å². The van der Waals surface area contributed by atoms with Gasteiger partial charge in [-0.05, 0) is 26.0 Å². The Kier molecular flexibility index (Phi) is 2.60. The maximum absolute atomic E-state index is 10.9. The first-order valence-corrected chi connectivity index (χ1v) is 5.14. The highest BCUT2D eigenvalue weighted by Crippen LogP contribution is 2.25. The Morgan fingerprint density at radius 2 is 2.00 bits per heavy atom. The molecule has 0 saturated carbocycles. The van der Waals surface area contributed by atoms with Crippen LogP contribution in [-0.4, -0.2) is 22.7 Å². The molecule has 0 bridgehead atoms. The summed E-state index contributed by atoms with van der Waals surface area (Å²) >= 11 is 0. The average Bonchev–Trinajstić information content (AvgIpc) is 2.55. The van der Waals surface area contributed by atoms with Crippen molar-refractivity contribution in [2.75, 3.05) is 5.01 Å². The lowest BCUT2D eigenvalue weighted by Gasteiger charge is -2.20. The number of anilines is 1. The van der Waals surface area contributed by atoms with Crippen LogP contribution in [0, 0.1) is 10.1 Å². The van der Waals surface area contributed by atoms with Crippen LogP contribution in [0.3, 0.4) is 0 Å². The molecule has 0 spiro atoms. The predicted molar refractivity (Wildman–Crippen MR) is 62.3 cm³/mol. The number of rotatable bonds is 2. The fraction of sp³-hybridized carbons (Fsp3) is 0.364. The Morgan fingerprint density at radius 1 is 1.38 bits per heavy atom. The minimum absolute atomic E-state index is 0.239. The topological polar surface area (TPSA) is 58.7 Å². The summed E-state index contributed by atoms with van der Waals surface area (Å²) in [6.45, 7) is 3.52. The first-order valence-electron chi connectivity index (χ1n) is 5.14. The predicted octanol–water partition coefficient (Wildman–Crippen LogP) is 1.92. The van der Waals surface area contributed by atoms with Crippen LogP contribution in [0.25, 0.3) is 0 Å². The van der Waals surface area contributed by atoms with E-state index in [-0.39, 0.29) is 11.0 Å². The molecule has 16 heavy (non-hydrogen) atoms. The van der Waals surface area contributed by atoms with Crippen LogP contribution in [0.4, 0.5) is 5.69 Å². The molecule has 0 aromatic heterocycles. The van der Waals surface area contributed by atoms with Crippen LogP contribution in [0.5, 0.6) is 0 Å². The number of benzene rings is 1. The second kappa shape index (κ2) is 3.92. The zero-order valence-electron chi connectivity index (χ0n) is 9.20. The Labute approximate surface area is 93.5 Å². The zero-order valence-corrected chi connectivity index (χ0v) is 9.20. The number of hydrogen-bond acceptors (Lipinski definition) is 4. The van der Waals surface area contributed by atoms with E-state index in [0.29, 0.717) is 5.71 Å². The lowest BCUT2D eigenvalue weighted by Crippen LogP contribution is -2.39. The maximum atomic E-state index is 10.9. The van der Waals surface area contributed by atoms with Gasteiger partial charge in [-0.1, -0.05) is 18.2 Å². The Balaban J connectivity index is 2.31. The Morgan fingerprint density at radius 3 is 2.50 bits per heavy atom. The molecule has 0 amide bonds. The Bertz CT molecular complexity index is 430. The van der Waals surface area contributed by atoms with E-state index in [4.69, 9.17) is 0 Å². The Hall–Kier alpha value is -1.91. The molecule has 1 aliphatic heterocycles. The third-order valence-corrected chi connectivity index (χ3v) is 2.78. The molecule has 5 heteroatoms. The van der Waals surface area contributed by atoms with Crippen molar-refractivity contribution in [3.05, 3.63) is 40.4 Å². The fourth-order valence-corrected chi connectivity index (χ4v) is 2.01. The van der Waals surface area contributed by atoms with Gasteiger partial charge in [-0.15, -0.1) is 0 Å². The lowest BCUT2D eigenvalue weighted by molar-refractivity contribution is -0.503. The molecule has 2 atom stereocenters. The minimum atomic E-state index is -0.708. The smallest absolute Gasteiger partial charge is 0.264 e. The third kappa shape index (κ3) is 1.64. The van der Waals surface area contributed by atoms with Crippen LogP contribution in [0.15, 0.2) is 35.4 Å². The van der Waals surface area contributed by atoms with Gasteiger partial charge in [0.1, 0.15) is 11.8 Å². The van der Waals surface area contributed by atoms with Crippen molar-refractivity contribution in [3.8, 4) is 0 Å². The number of para-hydroxylation sites is 1. The summed E-state index contributed by atoms with van der Waals surface area (Å²) in [6.07, 6.45) is 0. The van der Waals surface area contributed by atoms with Gasteiger partial charge in [0, 0.05) is 4.92 Å². The van der Waals surface area contributed by atoms with Gasteiger partial charge in [-0.3, -0.25) is 15.1 Å². The van der Waals surface area contributed by atoms with E-state index in [9.17, 15) is 10.1 Å². The highest BCUT2D eigenvalue weighted by Gasteiger charge is 2.41. The molecule has 1 aliphatic rings. The van der Waals surface area contributed by atoms with Gasteiger partial charge >= 0.3 is 0 Å². The van der Waals surface area contributed by atoms with Crippen LogP contribution in [0.1, 0.15) is 13.8 Å². The minimum Gasteiger partial charge on any atom is -0.264 e. The molecule has 0 saturated heterocycles. The van der Waals surface area contributed by atoms with Crippen LogP contribution in [-0.2, 0) is 0 Å². The van der Waals surface area contributed by atoms with Gasteiger partial charge in [0.25, 0.3) is 6.04 Å². The molecule has 0 unspecified atom stereocenters. The molecule has 0 radical (unpaired) electrons. The van der Waals surface area contributed by atoms with Crippen LogP contribution >= 0.6 is 0 Å². The van der Waals surface area contributed by atoms with Gasteiger partial charge < -0.3 is 0 Å². The number of hydrazone groups is 1. The van der Waals surface area contributed by atoms with E-state index in [1.807, 2.05) is 37.3 Å². The van der Waals surface area contributed by atoms with Gasteiger partial charge in [0.2, 0.25) is 0 Å². The maximum Gasteiger partial charge on any atom is 0.274 e.